The standard InChI is InChI=1S/C15H26N4O/c1-18(2)14-6-4-9-19(10-8-14)15(20)7-3-5-13-11-16-17-12-13/h11-12,14H,3-10H2,1-2H3,(H,16,17). The fraction of sp³-hybridized carbons (Fsp3) is 0.733. The fourth-order valence-corrected chi connectivity index (χ4v) is 2.86. The van der Waals surface area contributed by atoms with Crippen LogP contribution in [0.5, 0.6) is 0 Å². The van der Waals surface area contributed by atoms with Gasteiger partial charge in [0.05, 0.1) is 6.20 Å². The van der Waals surface area contributed by atoms with Crippen LogP contribution in [0.25, 0.3) is 0 Å². The van der Waals surface area contributed by atoms with Crippen molar-refractivity contribution in [3.8, 4) is 0 Å². The second-order valence-electron chi connectivity index (χ2n) is 5.89. The molecule has 1 aliphatic rings. The first-order chi connectivity index (χ1) is 9.66. The van der Waals surface area contributed by atoms with Crippen molar-refractivity contribution in [2.24, 2.45) is 0 Å². The Bertz CT molecular complexity index is 402. The van der Waals surface area contributed by atoms with Crippen molar-refractivity contribution in [3.63, 3.8) is 0 Å². The minimum Gasteiger partial charge on any atom is -0.343 e. The van der Waals surface area contributed by atoms with Gasteiger partial charge in [-0.2, -0.15) is 5.10 Å². The summed E-state index contributed by atoms with van der Waals surface area (Å²) in [5.74, 6) is 0.313. The molecule has 112 valence electrons. The molecule has 1 fully saturated rings. The van der Waals surface area contributed by atoms with Gasteiger partial charge in [-0.05, 0) is 51.8 Å². The zero-order valence-corrected chi connectivity index (χ0v) is 12.6. The third-order valence-electron chi connectivity index (χ3n) is 4.19. The number of hydrogen-bond donors (Lipinski definition) is 1. The van der Waals surface area contributed by atoms with Crippen LogP contribution in [0.1, 0.15) is 37.7 Å². The van der Waals surface area contributed by atoms with Crippen LogP contribution < -0.4 is 0 Å². The molecule has 1 aromatic rings. The monoisotopic (exact) mass is 278 g/mol. The Morgan fingerprint density at radius 3 is 3.00 bits per heavy atom. The maximum atomic E-state index is 12.2. The van der Waals surface area contributed by atoms with Crippen molar-refractivity contribution in [2.45, 2.75) is 44.6 Å². The number of rotatable bonds is 5. The maximum absolute atomic E-state index is 12.2. The number of aromatic amines is 1. The summed E-state index contributed by atoms with van der Waals surface area (Å²) in [5.41, 5.74) is 1.18. The summed E-state index contributed by atoms with van der Waals surface area (Å²) in [6.45, 7) is 1.84. The van der Waals surface area contributed by atoms with Crippen LogP contribution >= 0.6 is 0 Å². The fourth-order valence-electron chi connectivity index (χ4n) is 2.86. The van der Waals surface area contributed by atoms with E-state index in [0.717, 1.165) is 38.8 Å². The van der Waals surface area contributed by atoms with Gasteiger partial charge in [0.2, 0.25) is 5.91 Å². The van der Waals surface area contributed by atoms with E-state index >= 15 is 0 Å². The van der Waals surface area contributed by atoms with E-state index in [4.69, 9.17) is 0 Å². The lowest BCUT2D eigenvalue weighted by Crippen LogP contribution is -2.33. The third-order valence-corrected chi connectivity index (χ3v) is 4.19. The van der Waals surface area contributed by atoms with E-state index in [1.165, 1.54) is 12.0 Å². The molecule has 1 unspecified atom stereocenters. The number of hydrogen-bond acceptors (Lipinski definition) is 3. The van der Waals surface area contributed by atoms with E-state index in [-0.39, 0.29) is 0 Å². The average molecular weight is 278 g/mol. The normalized spacial score (nSPS) is 20.1. The van der Waals surface area contributed by atoms with Crippen LogP contribution in [0.2, 0.25) is 0 Å². The van der Waals surface area contributed by atoms with Gasteiger partial charge in [0.15, 0.2) is 0 Å². The van der Waals surface area contributed by atoms with Crippen LogP contribution in [0.4, 0.5) is 0 Å². The van der Waals surface area contributed by atoms with Gasteiger partial charge in [-0.3, -0.25) is 9.89 Å². The number of likely N-dealkylation sites (tertiary alicyclic amines) is 1. The first kappa shape index (κ1) is 15.0. The molecule has 1 aromatic heterocycles. The van der Waals surface area contributed by atoms with E-state index in [1.54, 1.807) is 0 Å². The molecule has 0 spiro atoms. The van der Waals surface area contributed by atoms with E-state index in [9.17, 15) is 4.79 Å². The predicted octanol–water partition coefficient (Wildman–Crippen LogP) is 1.68. The molecular formula is C15H26N4O. The summed E-state index contributed by atoms with van der Waals surface area (Å²) >= 11 is 0. The minimum atomic E-state index is 0.313. The smallest absolute Gasteiger partial charge is 0.222 e. The van der Waals surface area contributed by atoms with Gasteiger partial charge in [-0.25, -0.2) is 0 Å². The van der Waals surface area contributed by atoms with Gasteiger partial charge in [0.25, 0.3) is 0 Å². The average Bonchev–Trinajstić information content (AvgIpc) is 2.80. The number of aryl methyl sites for hydroxylation is 1. The van der Waals surface area contributed by atoms with E-state index in [1.807, 2.05) is 12.4 Å². The van der Waals surface area contributed by atoms with E-state index < -0.39 is 0 Å². The second-order valence-corrected chi connectivity index (χ2v) is 5.89. The highest BCUT2D eigenvalue weighted by Gasteiger charge is 2.21. The van der Waals surface area contributed by atoms with Crippen molar-refractivity contribution in [3.05, 3.63) is 18.0 Å². The summed E-state index contributed by atoms with van der Waals surface area (Å²) in [6, 6.07) is 0.624. The molecule has 0 saturated carbocycles. The zero-order valence-electron chi connectivity index (χ0n) is 12.6. The molecule has 5 nitrogen and oxygen atoms in total. The van der Waals surface area contributed by atoms with Crippen molar-refractivity contribution in [1.29, 1.82) is 0 Å². The number of H-pyrrole nitrogens is 1. The van der Waals surface area contributed by atoms with Crippen LogP contribution in [-0.4, -0.2) is 59.1 Å². The minimum absolute atomic E-state index is 0.313. The molecular weight excluding hydrogens is 252 g/mol. The predicted molar refractivity (Wildman–Crippen MR) is 79.4 cm³/mol. The molecule has 2 rings (SSSR count). The van der Waals surface area contributed by atoms with Gasteiger partial charge in [-0.15, -0.1) is 0 Å². The molecule has 0 aromatic carbocycles. The van der Waals surface area contributed by atoms with Gasteiger partial charge < -0.3 is 9.80 Å². The lowest BCUT2D eigenvalue weighted by atomic mass is 10.1. The Morgan fingerprint density at radius 1 is 1.45 bits per heavy atom. The van der Waals surface area contributed by atoms with Crippen molar-refractivity contribution in [2.75, 3.05) is 27.2 Å². The molecule has 0 aliphatic carbocycles. The Kier molecular flexibility index (Phi) is 5.59. The van der Waals surface area contributed by atoms with E-state index in [0.29, 0.717) is 18.4 Å². The summed E-state index contributed by atoms with van der Waals surface area (Å²) in [7, 11) is 4.26. The van der Waals surface area contributed by atoms with Crippen molar-refractivity contribution < 1.29 is 4.79 Å². The van der Waals surface area contributed by atoms with Crippen molar-refractivity contribution in [1.82, 2.24) is 20.0 Å². The molecule has 2 heterocycles. The molecule has 5 heteroatoms. The lowest BCUT2D eigenvalue weighted by Gasteiger charge is -2.23. The Hall–Kier alpha value is -1.36. The van der Waals surface area contributed by atoms with Crippen LogP contribution in [0, 0.1) is 0 Å². The largest absolute Gasteiger partial charge is 0.343 e. The first-order valence-electron chi connectivity index (χ1n) is 7.58. The Morgan fingerprint density at radius 2 is 2.30 bits per heavy atom. The number of carbonyl (C=O) groups is 1. The number of carbonyl (C=O) groups excluding carboxylic acids is 1. The number of aromatic nitrogens is 2. The van der Waals surface area contributed by atoms with Crippen molar-refractivity contribution >= 4 is 5.91 Å². The van der Waals surface area contributed by atoms with E-state index in [2.05, 4.69) is 34.1 Å². The molecule has 0 bridgehead atoms. The van der Waals surface area contributed by atoms with Crippen LogP contribution in [-0.2, 0) is 11.2 Å². The number of nitrogens with one attached hydrogen (secondary N) is 1. The molecule has 1 N–H and O–H groups in total. The summed E-state index contributed by atoms with van der Waals surface area (Å²) in [5, 5.41) is 6.73. The quantitative estimate of drug-likeness (QED) is 0.891. The van der Waals surface area contributed by atoms with Gasteiger partial charge in [-0.1, -0.05) is 0 Å². The number of amides is 1. The molecule has 0 radical (unpaired) electrons. The Balaban J connectivity index is 1.72. The van der Waals surface area contributed by atoms with Crippen LogP contribution in [0.15, 0.2) is 12.4 Å². The lowest BCUT2D eigenvalue weighted by molar-refractivity contribution is -0.131. The topological polar surface area (TPSA) is 52.2 Å². The summed E-state index contributed by atoms with van der Waals surface area (Å²) in [4.78, 5) is 16.6. The molecule has 1 atom stereocenters. The summed E-state index contributed by atoms with van der Waals surface area (Å²) in [6.07, 6.45) is 9.64. The molecule has 1 amide bonds. The van der Waals surface area contributed by atoms with Crippen LogP contribution in [0.3, 0.4) is 0 Å². The maximum Gasteiger partial charge on any atom is 0.222 e. The molecule has 1 saturated heterocycles. The van der Waals surface area contributed by atoms with Gasteiger partial charge in [0, 0.05) is 31.7 Å². The zero-order chi connectivity index (χ0) is 14.4. The highest BCUT2D eigenvalue weighted by molar-refractivity contribution is 5.76. The highest BCUT2D eigenvalue weighted by atomic mass is 16.2. The number of nitrogens with zero attached hydrogens (tertiary/aromatic N) is 3. The summed E-state index contributed by atoms with van der Waals surface area (Å²) < 4.78 is 0. The highest BCUT2D eigenvalue weighted by Crippen LogP contribution is 2.16. The SMILES string of the molecule is CN(C)C1CCCN(C(=O)CCCc2cn[nH]c2)CC1. The second kappa shape index (κ2) is 7.43. The first-order valence-corrected chi connectivity index (χ1v) is 7.58. The molecule has 1 aliphatic heterocycles. The third kappa shape index (κ3) is 4.34. The molecule has 20 heavy (non-hydrogen) atoms. The van der Waals surface area contributed by atoms with Gasteiger partial charge in [0.1, 0.15) is 0 Å². The Labute approximate surface area is 121 Å². The van der Waals surface area contributed by atoms with Gasteiger partial charge >= 0.3 is 0 Å².